The summed E-state index contributed by atoms with van der Waals surface area (Å²) in [6, 6.07) is 18.4. The van der Waals surface area contributed by atoms with E-state index in [9.17, 15) is 9.59 Å². The third-order valence-corrected chi connectivity index (χ3v) is 6.90. The molecule has 0 atom stereocenters. The van der Waals surface area contributed by atoms with E-state index in [1.807, 2.05) is 61.5 Å². The van der Waals surface area contributed by atoms with E-state index < -0.39 is 0 Å². The molecule has 2 amide bonds. The molecule has 1 aliphatic rings. The number of nitrogens with zero attached hydrogens (tertiary/aromatic N) is 1. The van der Waals surface area contributed by atoms with Gasteiger partial charge in [0.2, 0.25) is 0 Å². The molecular formula is C27H24IN3O5S. The second kappa shape index (κ2) is 12.2. The lowest BCUT2D eigenvalue weighted by Crippen LogP contribution is -2.20. The van der Waals surface area contributed by atoms with E-state index in [1.54, 1.807) is 19.3 Å². The molecule has 0 radical (unpaired) electrons. The number of aliphatic imine (C=N–C) groups is 1. The second-order valence-electron chi connectivity index (χ2n) is 7.92. The topological polar surface area (TPSA) is 98.3 Å². The van der Waals surface area contributed by atoms with Crippen molar-refractivity contribution in [1.82, 2.24) is 5.32 Å². The average molecular weight is 629 g/mol. The number of thioether (sulfide) groups is 1. The number of ether oxygens (including phenoxy) is 3. The number of hydrogen-bond donors (Lipinski definition) is 2. The molecule has 190 valence electrons. The Morgan fingerprint density at radius 1 is 1.08 bits per heavy atom. The summed E-state index contributed by atoms with van der Waals surface area (Å²) in [4.78, 5) is 29.9. The van der Waals surface area contributed by atoms with Crippen LogP contribution >= 0.6 is 34.4 Å². The number of methoxy groups -OCH3 is 2. The van der Waals surface area contributed by atoms with Gasteiger partial charge in [0.25, 0.3) is 11.8 Å². The molecule has 4 rings (SSSR count). The first kappa shape index (κ1) is 26.6. The number of amidine groups is 1. The van der Waals surface area contributed by atoms with Crippen molar-refractivity contribution < 1.29 is 23.8 Å². The summed E-state index contributed by atoms with van der Waals surface area (Å²) in [7, 11) is 3.13. The summed E-state index contributed by atoms with van der Waals surface area (Å²) in [6.07, 6.45) is 1.76. The van der Waals surface area contributed by atoms with Crippen LogP contribution in [0, 0.1) is 10.5 Å². The van der Waals surface area contributed by atoms with Gasteiger partial charge >= 0.3 is 0 Å². The Hall–Kier alpha value is -3.51. The van der Waals surface area contributed by atoms with Crippen LogP contribution < -0.4 is 24.8 Å². The molecule has 3 aromatic carbocycles. The van der Waals surface area contributed by atoms with Crippen LogP contribution in [0.4, 0.5) is 11.4 Å². The minimum atomic E-state index is -0.282. The summed E-state index contributed by atoms with van der Waals surface area (Å²) in [5, 5.41) is 6.08. The maximum Gasteiger partial charge on any atom is 0.264 e. The number of hydrogen-bond acceptors (Lipinski definition) is 7. The molecule has 0 saturated carbocycles. The molecule has 0 bridgehead atoms. The first-order valence-corrected chi connectivity index (χ1v) is 13.0. The van der Waals surface area contributed by atoms with Gasteiger partial charge in [-0.25, -0.2) is 4.99 Å². The van der Waals surface area contributed by atoms with E-state index in [-0.39, 0.29) is 18.4 Å². The molecule has 0 spiro atoms. The van der Waals surface area contributed by atoms with Gasteiger partial charge in [-0.1, -0.05) is 17.7 Å². The Morgan fingerprint density at radius 3 is 2.49 bits per heavy atom. The first-order chi connectivity index (χ1) is 17.8. The first-order valence-electron chi connectivity index (χ1n) is 11.1. The van der Waals surface area contributed by atoms with Crippen molar-refractivity contribution in [2.45, 2.75) is 6.92 Å². The highest BCUT2D eigenvalue weighted by molar-refractivity contribution is 14.1. The number of carbonyl (C=O) groups excluding carboxylic acids is 2. The smallest absolute Gasteiger partial charge is 0.264 e. The molecule has 0 unspecified atom stereocenters. The highest BCUT2D eigenvalue weighted by Crippen LogP contribution is 2.36. The van der Waals surface area contributed by atoms with Crippen LogP contribution in [-0.2, 0) is 9.59 Å². The van der Waals surface area contributed by atoms with Gasteiger partial charge in [0.05, 0.1) is 28.4 Å². The van der Waals surface area contributed by atoms with Gasteiger partial charge in [-0.2, -0.15) is 0 Å². The molecule has 1 saturated heterocycles. The fourth-order valence-electron chi connectivity index (χ4n) is 3.34. The molecule has 10 heteroatoms. The average Bonchev–Trinajstić information content (AvgIpc) is 3.22. The van der Waals surface area contributed by atoms with Crippen LogP contribution in [0.3, 0.4) is 0 Å². The minimum absolute atomic E-state index is 0.176. The zero-order valence-electron chi connectivity index (χ0n) is 20.3. The number of carbonyl (C=O) groups is 2. The van der Waals surface area contributed by atoms with E-state index in [0.29, 0.717) is 32.9 Å². The Balaban J connectivity index is 1.45. The van der Waals surface area contributed by atoms with E-state index in [1.165, 1.54) is 18.9 Å². The van der Waals surface area contributed by atoms with Gasteiger partial charge in [-0.15, -0.1) is 0 Å². The zero-order valence-corrected chi connectivity index (χ0v) is 23.3. The monoisotopic (exact) mass is 629 g/mol. The van der Waals surface area contributed by atoms with Gasteiger partial charge in [0, 0.05) is 5.69 Å². The van der Waals surface area contributed by atoms with Gasteiger partial charge in [0.1, 0.15) is 5.75 Å². The molecule has 8 nitrogen and oxygen atoms in total. The van der Waals surface area contributed by atoms with Crippen LogP contribution in [0.2, 0.25) is 0 Å². The van der Waals surface area contributed by atoms with Crippen molar-refractivity contribution in [3.8, 4) is 17.2 Å². The van der Waals surface area contributed by atoms with Crippen molar-refractivity contribution in [2.75, 3.05) is 26.1 Å². The third-order valence-electron chi connectivity index (χ3n) is 5.19. The van der Waals surface area contributed by atoms with Gasteiger partial charge in [0.15, 0.2) is 23.3 Å². The Morgan fingerprint density at radius 2 is 1.81 bits per heavy atom. The predicted molar refractivity (Wildman–Crippen MR) is 155 cm³/mol. The summed E-state index contributed by atoms with van der Waals surface area (Å²) >= 11 is 3.37. The summed E-state index contributed by atoms with van der Waals surface area (Å²) in [5.41, 5.74) is 3.26. The molecule has 1 aliphatic heterocycles. The molecule has 1 heterocycles. The standard InChI is InChI=1S/C27H24IN3O5S/c1-16-4-6-18(7-5-16)29-24(32)15-36-25-21(28)12-17(13-22(25)35-3)14-23-26(33)31-27(37-23)30-19-8-10-20(34-2)11-9-19/h4-14H,15H2,1-3H3,(H,29,32)(H,30,31,33)/b23-14+. The Bertz CT molecular complexity index is 1370. The lowest BCUT2D eigenvalue weighted by atomic mass is 10.2. The molecule has 1 fully saturated rings. The van der Waals surface area contributed by atoms with Crippen LogP contribution in [0.5, 0.6) is 17.2 Å². The van der Waals surface area contributed by atoms with Crippen molar-refractivity contribution >= 4 is 68.8 Å². The van der Waals surface area contributed by atoms with Gasteiger partial charge < -0.3 is 24.8 Å². The zero-order chi connectivity index (χ0) is 26.4. The van der Waals surface area contributed by atoms with Crippen LogP contribution in [0.25, 0.3) is 6.08 Å². The van der Waals surface area contributed by atoms with E-state index in [0.717, 1.165) is 20.4 Å². The van der Waals surface area contributed by atoms with Crippen LogP contribution in [0.1, 0.15) is 11.1 Å². The molecule has 2 N–H and O–H groups in total. The number of nitrogens with one attached hydrogen (secondary N) is 2. The van der Waals surface area contributed by atoms with Crippen molar-refractivity contribution in [1.29, 1.82) is 0 Å². The Kier molecular flexibility index (Phi) is 8.72. The lowest BCUT2D eigenvalue weighted by Gasteiger charge is -2.14. The van der Waals surface area contributed by atoms with Crippen molar-refractivity contribution in [3.63, 3.8) is 0 Å². The third kappa shape index (κ3) is 7.04. The van der Waals surface area contributed by atoms with Crippen molar-refractivity contribution in [2.24, 2.45) is 4.99 Å². The van der Waals surface area contributed by atoms with Crippen LogP contribution in [0.15, 0.2) is 70.6 Å². The number of amides is 2. The molecule has 37 heavy (non-hydrogen) atoms. The number of benzene rings is 3. The molecule has 3 aromatic rings. The fourth-order valence-corrected chi connectivity index (χ4v) is 4.96. The number of anilines is 1. The lowest BCUT2D eigenvalue weighted by molar-refractivity contribution is -0.118. The number of halogens is 1. The number of rotatable bonds is 8. The number of aryl methyl sites for hydroxylation is 1. The summed E-state index contributed by atoms with van der Waals surface area (Å²) < 4.78 is 17.2. The van der Waals surface area contributed by atoms with Gasteiger partial charge in [-0.3, -0.25) is 9.59 Å². The normalized spacial score (nSPS) is 15.0. The quantitative estimate of drug-likeness (QED) is 0.252. The molecule has 0 aliphatic carbocycles. The minimum Gasteiger partial charge on any atom is -0.497 e. The largest absolute Gasteiger partial charge is 0.497 e. The maximum absolute atomic E-state index is 12.5. The molecule has 0 aromatic heterocycles. The predicted octanol–water partition coefficient (Wildman–Crippen LogP) is 5.53. The Labute approximate surface area is 232 Å². The summed E-state index contributed by atoms with van der Waals surface area (Å²) in [6.45, 7) is 1.81. The van der Waals surface area contributed by atoms with Crippen molar-refractivity contribution in [3.05, 3.63) is 80.3 Å². The highest BCUT2D eigenvalue weighted by atomic mass is 127. The van der Waals surface area contributed by atoms with Crippen LogP contribution in [-0.4, -0.2) is 37.8 Å². The SMILES string of the molecule is COc1ccc(N=C2NC(=O)/C(=C\c3cc(I)c(OCC(=O)Nc4ccc(C)cc4)c(OC)c3)S2)cc1. The molecular weight excluding hydrogens is 605 g/mol. The fraction of sp³-hybridized carbons (Fsp3) is 0.148. The van der Waals surface area contributed by atoms with Gasteiger partial charge in [-0.05, 0) is 101 Å². The second-order valence-corrected chi connectivity index (χ2v) is 10.1. The highest BCUT2D eigenvalue weighted by Gasteiger charge is 2.24. The maximum atomic E-state index is 12.5. The van der Waals surface area contributed by atoms with E-state index >= 15 is 0 Å². The van der Waals surface area contributed by atoms with E-state index in [2.05, 4.69) is 38.2 Å². The van der Waals surface area contributed by atoms with E-state index in [4.69, 9.17) is 14.2 Å². The summed E-state index contributed by atoms with van der Waals surface area (Å²) in [5.74, 6) is 1.12.